The molecular weight excluding hydrogens is 250 g/mol. The third kappa shape index (κ3) is 2.69. The molecule has 2 heterocycles. The van der Waals surface area contributed by atoms with Crippen LogP contribution in [0, 0.1) is 0 Å². The van der Waals surface area contributed by atoms with Crippen molar-refractivity contribution in [1.82, 2.24) is 9.88 Å². The number of carbonyl (C=O) groups is 1. The Hall–Kier alpha value is -2.23. The highest BCUT2D eigenvalue weighted by Crippen LogP contribution is 2.32. The third-order valence-corrected chi connectivity index (χ3v) is 3.75. The van der Waals surface area contributed by atoms with Gasteiger partial charge in [0.2, 0.25) is 5.91 Å². The zero-order valence-corrected chi connectivity index (χ0v) is 11.6. The number of fused-ring (bicyclic) bond motifs is 1. The van der Waals surface area contributed by atoms with Crippen LogP contribution >= 0.6 is 0 Å². The zero-order chi connectivity index (χ0) is 13.9. The maximum atomic E-state index is 12.0. The highest BCUT2D eigenvalue weighted by molar-refractivity contribution is 5.78. The van der Waals surface area contributed by atoms with Gasteiger partial charge in [-0.25, -0.2) is 0 Å². The summed E-state index contributed by atoms with van der Waals surface area (Å²) in [5, 5.41) is 6.34. The predicted octanol–water partition coefficient (Wildman–Crippen LogP) is 2.24. The molecule has 0 radical (unpaired) electrons. The summed E-state index contributed by atoms with van der Waals surface area (Å²) in [7, 11) is 1.98. The van der Waals surface area contributed by atoms with E-state index in [4.69, 9.17) is 0 Å². The standard InChI is InChI=1S/C16H19N3O/c1-19-7-6-12(11-19)9-18-16(20)8-13-10-17-15-5-3-2-4-14(13)15/h2-7,11,13,17H,8-10H2,1H3,(H,18,20). The first-order valence-electron chi connectivity index (χ1n) is 6.93. The average molecular weight is 269 g/mol. The van der Waals surface area contributed by atoms with Crippen molar-refractivity contribution >= 4 is 11.6 Å². The Morgan fingerprint density at radius 1 is 1.40 bits per heavy atom. The van der Waals surface area contributed by atoms with Gasteiger partial charge in [-0.05, 0) is 23.3 Å². The first kappa shape index (κ1) is 12.8. The second-order valence-corrected chi connectivity index (χ2v) is 5.33. The molecule has 0 fully saturated rings. The van der Waals surface area contributed by atoms with Gasteiger partial charge in [-0.15, -0.1) is 0 Å². The van der Waals surface area contributed by atoms with Crippen LogP contribution in [0.25, 0.3) is 0 Å². The lowest BCUT2D eigenvalue weighted by atomic mass is 9.97. The molecule has 20 heavy (non-hydrogen) atoms. The number of aromatic nitrogens is 1. The van der Waals surface area contributed by atoms with Gasteiger partial charge in [0.25, 0.3) is 0 Å². The highest BCUT2D eigenvalue weighted by Gasteiger charge is 2.23. The highest BCUT2D eigenvalue weighted by atomic mass is 16.1. The van der Waals surface area contributed by atoms with E-state index in [1.165, 1.54) is 5.56 Å². The lowest BCUT2D eigenvalue weighted by Gasteiger charge is -2.10. The number of rotatable bonds is 4. The van der Waals surface area contributed by atoms with Gasteiger partial charge in [0.05, 0.1) is 0 Å². The molecule has 0 bridgehead atoms. The van der Waals surface area contributed by atoms with Gasteiger partial charge in [-0.3, -0.25) is 4.79 Å². The van der Waals surface area contributed by atoms with E-state index in [0.717, 1.165) is 17.8 Å². The molecule has 1 aromatic carbocycles. The largest absolute Gasteiger partial charge is 0.384 e. The van der Waals surface area contributed by atoms with Crippen molar-refractivity contribution in [1.29, 1.82) is 0 Å². The van der Waals surface area contributed by atoms with Crippen LogP contribution in [0.2, 0.25) is 0 Å². The fourth-order valence-corrected chi connectivity index (χ4v) is 2.70. The third-order valence-electron chi connectivity index (χ3n) is 3.75. The fourth-order valence-electron chi connectivity index (χ4n) is 2.70. The average Bonchev–Trinajstić information content (AvgIpc) is 3.04. The Morgan fingerprint density at radius 3 is 3.05 bits per heavy atom. The minimum atomic E-state index is 0.109. The van der Waals surface area contributed by atoms with E-state index in [2.05, 4.69) is 22.8 Å². The number of aryl methyl sites for hydroxylation is 1. The van der Waals surface area contributed by atoms with Gasteiger partial charge in [-0.1, -0.05) is 18.2 Å². The first-order chi connectivity index (χ1) is 9.72. The number of nitrogens with zero attached hydrogens (tertiary/aromatic N) is 1. The van der Waals surface area contributed by atoms with Gasteiger partial charge >= 0.3 is 0 Å². The van der Waals surface area contributed by atoms with Crippen LogP contribution in [0.15, 0.2) is 42.7 Å². The summed E-state index contributed by atoms with van der Waals surface area (Å²) in [4.78, 5) is 12.0. The first-order valence-corrected chi connectivity index (χ1v) is 6.93. The number of para-hydroxylation sites is 1. The van der Waals surface area contributed by atoms with Crippen molar-refractivity contribution in [3.05, 3.63) is 53.9 Å². The topological polar surface area (TPSA) is 46.1 Å². The Balaban J connectivity index is 1.55. The van der Waals surface area contributed by atoms with Crippen molar-refractivity contribution in [2.24, 2.45) is 7.05 Å². The lowest BCUT2D eigenvalue weighted by molar-refractivity contribution is -0.121. The van der Waals surface area contributed by atoms with Gasteiger partial charge in [0.1, 0.15) is 0 Å². The van der Waals surface area contributed by atoms with Crippen LogP contribution in [0.5, 0.6) is 0 Å². The molecule has 1 atom stereocenters. The molecule has 4 nitrogen and oxygen atoms in total. The molecule has 1 aliphatic rings. The van der Waals surface area contributed by atoms with Gasteiger partial charge in [0, 0.05) is 50.6 Å². The minimum absolute atomic E-state index is 0.109. The maximum Gasteiger partial charge on any atom is 0.220 e. The predicted molar refractivity (Wildman–Crippen MR) is 79.5 cm³/mol. The number of carbonyl (C=O) groups excluding carboxylic acids is 1. The van der Waals surface area contributed by atoms with Crippen molar-refractivity contribution in [2.45, 2.75) is 18.9 Å². The smallest absolute Gasteiger partial charge is 0.220 e. The number of hydrogen-bond donors (Lipinski definition) is 2. The van der Waals surface area contributed by atoms with E-state index in [0.29, 0.717) is 13.0 Å². The van der Waals surface area contributed by atoms with E-state index in [1.54, 1.807) is 0 Å². The quantitative estimate of drug-likeness (QED) is 0.894. The maximum absolute atomic E-state index is 12.0. The van der Waals surface area contributed by atoms with Gasteiger partial charge in [0.15, 0.2) is 0 Å². The molecule has 1 aromatic heterocycles. The number of hydrogen-bond acceptors (Lipinski definition) is 2. The van der Waals surface area contributed by atoms with E-state index >= 15 is 0 Å². The SMILES string of the molecule is Cn1ccc(CNC(=O)CC2CNc3ccccc32)c1. The van der Waals surface area contributed by atoms with E-state index < -0.39 is 0 Å². The van der Waals surface area contributed by atoms with Gasteiger partial charge < -0.3 is 15.2 Å². The van der Waals surface area contributed by atoms with Crippen LogP contribution < -0.4 is 10.6 Å². The number of nitrogens with one attached hydrogen (secondary N) is 2. The van der Waals surface area contributed by atoms with E-state index in [-0.39, 0.29) is 11.8 Å². The van der Waals surface area contributed by atoms with Crippen LogP contribution in [-0.2, 0) is 18.4 Å². The second kappa shape index (κ2) is 5.41. The molecule has 104 valence electrons. The summed E-state index contributed by atoms with van der Waals surface area (Å²) in [5.41, 5.74) is 3.54. The normalized spacial score (nSPS) is 16.6. The molecule has 1 amide bonds. The van der Waals surface area contributed by atoms with Crippen LogP contribution in [-0.4, -0.2) is 17.0 Å². The van der Waals surface area contributed by atoms with Crippen LogP contribution in [0.4, 0.5) is 5.69 Å². The lowest BCUT2D eigenvalue weighted by Crippen LogP contribution is -2.24. The summed E-state index contributed by atoms with van der Waals surface area (Å²) < 4.78 is 1.98. The van der Waals surface area contributed by atoms with Crippen molar-refractivity contribution < 1.29 is 4.79 Å². The van der Waals surface area contributed by atoms with Crippen LogP contribution in [0.1, 0.15) is 23.5 Å². The number of benzene rings is 1. The van der Waals surface area contributed by atoms with Gasteiger partial charge in [-0.2, -0.15) is 0 Å². The molecule has 0 saturated heterocycles. The van der Waals surface area contributed by atoms with Crippen molar-refractivity contribution in [3.8, 4) is 0 Å². The summed E-state index contributed by atoms with van der Waals surface area (Å²) in [6.07, 6.45) is 4.54. The summed E-state index contributed by atoms with van der Waals surface area (Å²) >= 11 is 0. The Bertz CT molecular complexity index is 618. The molecule has 1 unspecified atom stereocenters. The van der Waals surface area contributed by atoms with E-state index in [1.807, 2.05) is 42.2 Å². The number of amides is 1. The molecular formula is C16H19N3O. The van der Waals surface area contributed by atoms with E-state index in [9.17, 15) is 4.79 Å². The summed E-state index contributed by atoms with van der Waals surface area (Å²) in [5.74, 6) is 0.388. The molecule has 0 aliphatic carbocycles. The molecule has 0 saturated carbocycles. The second-order valence-electron chi connectivity index (χ2n) is 5.33. The summed E-state index contributed by atoms with van der Waals surface area (Å²) in [6.45, 7) is 1.44. The zero-order valence-electron chi connectivity index (χ0n) is 11.6. The Labute approximate surface area is 118 Å². The fraction of sp³-hybridized carbons (Fsp3) is 0.312. The molecule has 2 aromatic rings. The van der Waals surface area contributed by atoms with Crippen molar-refractivity contribution in [2.75, 3.05) is 11.9 Å². The molecule has 4 heteroatoms. The monoisotopic (exact) mass is 269 g/mol. The minimum Gasteiger partial charge on any atom is -0.384 e. The summed E-state index contributed by atoms with van der Waals surface area (Å²) in [6, 6.07) is 10.2. The number of anilines is 1. The Kier molecular flexibility index (Phi) is 3.46. The van der Waals surface area contributed by atoms with Crippen molar-refractivity contribution in [3.63, 3.8) is 0 Å². The molecule has 3 rings (SSSR count). The molecule has 1 aliphatic heterocycles. The molecule has 0 spiro atoms. The Morgan fingerprint density at radius 2 is 2.25 bits per heavy atom. The molecule has 2 N–H and O–H groups in total. The van der Waals surface area contributed by atoms with Crippen LogP contribution in [0.3, 0.4) is 0 Å².